The van der Waals surface area contributed by atoms with Gasteiger partial charge >= 0.3 is 11.9 Å². The van der Waals surface area contributed by atoms with E-state index in [1.165, 1.54) is 19.4 Å². The van der Waals surface area contributed by atoms with Crippen LogP contribution in [0.5, 0.6) is 11.5 Å². The number of carbonyl (C=O) groups excluding carboxylic acids is 3. The molecule has 2 unspecified atom stereocenters. The maximum atomic E-state index is 13.8. The van der Waals surface area contributed by atoms with Crippen LogP contribution in [0.2, 0.25) is 0 Å². The van der Waals surface area contributed by atoms with Crippen LogP contribution in [0.4, 0.5) is 0 Å². The highest BCUT2D eigenvalue weighted by Gasteiger charge is 2.75. The quantitative estimate of drug-likeness (QED) is 0.186. The molecule has 4 aliphatic rings. The highest BCUT2D eigenvalue weighted by atomic mass is 16.6. The third-order valence-electron chi connectivity index (χ3n) is 10.9. The number of nitrogens with zero attached hydrogens (tertiary/aromatic N) is 2. The Bertz CT molecular complexity index is 1750. The first-order valence-corrected chi connectivity index (χ1v) is 16.6. The molecule has 5 atom stereocenters. The average Bonchev–Trinajstić information content (AvgIpc) is 3.39. The van der Waals surface area contributed by atoms with Crippen molar-refractivity contribution in [3.8, 4) is 11.5 Å². The van der Waals surface area contributed by atoms with Gasteiger partial charge in [-0.15, -0.1) is 0 Å². The van der Waals surface area contributed by atoms with E-state index in [1.807, 2.05) is 62.5 Å². The third kappa shape index (κ3) is 5.14. The number of piperidine rings is 1. The minimum absolute atomic E-state index is 0.0730. The summed E-state index contributed by atoms with van der Waals surface area (Å²) in [4.78, 5) is 43.3. The number of benzene rings is 3. The van der Waals surface area contributed by atoms with E-state index in [0.717, 1.165) is 41.8 Å². The standard InChI is InChI=1S/C39H42N2O6/c1-25-9-8-12-29(23-25)13-16-34(44)40(4)31-17-19-39(47-27(3)43)33-24-30-14-15-32(45-26(2)42)36-35(30)38(39,37(31)46-36)20-22-41(33)21-18-28-10-6-5-7-11-28/h5-16,23,31,33,37H,17-22,24H2,1-4H3/b16-13+/t31?,33-,37?,38+,39-/m1/s1. The largest absolute Gasteiger partial charge is 0.483 e. The van der Waals surface area contributed by atoms with E-state index in [-0.39, 0.29) is 24.0 Å². The third-order valence-corrected chi connectivity index (χ3v) is 10.9. The van der Waals surface area contributed by atoms with Gasteiger partial charge in [0, 0.05) is 39.1 Å². The number of likely N-dealkylation sites (tertiary alicyclic amines) is 1. The van der Waals surface area contributed by atoms with Crippen LogP contribution in [-0.2, 0) is 37.4 Å². The van der Waals surface area contributed by atoms with Gasteiger partial charge in [-0.3, -0.25) is 19.3 Å². The first kappa shape index (κ1) is 31.2. The number of hydrogen-bond donors (Lipinski definition) is 0. The minimum Gasteiger partial charge on any atom is -0.483 e. The first-order chi connectivity index (χ1) is 22.6. The maximum absolute atomic E-state index is 13.8. The summed E-state index contributed by atoms with van der Waals surface area (Å²) in [6.45, 7) is 6.52. The van der Waals surface area contributed by atoms with Crippen LogP contribution in [-0.4, -0.2) is 71.6 Å². The molecule has 2 heterocycles. The number of aryl methyl sites for hydroxylation is 1. The van der Waals surface area contributed by atoms with Crippen molar-refractivity contribution in [1.82, 2.24) is 9.80 Å². The van der Waals surface area contributed by atoms with Crippen molar-refractivity contribution in [3.05, 3.63) is 101 Å². The summed E-state index contributed by atoms with van der Waals surface area (Å²) in [6.07, 6.45) is 6.39. The average molecular weight is 635 g/mol. The second-order valence-electron chi connectivity index (χ2n) is 13.6. The lowest BCUT2D eigenvalue weighted by Crippen LogP contribution is -2.79. The van der Waals surface area contributed by atoms with E-state index in [0.29, 0.717) is 37.2 Å². The van der Waals surface area contributed by atoms with E-state index in [9.17, 15) is 14.4 Å². The number of ether oxygens (including phenoxy) is 3. The number of carbonyl (C=O) groups is 3. The Morgan fingerprint density at radius 1 is 1.02 bits per heavy atom. The van der Waals surface area contributed by atoms with Gasteiger partial charge in [-0.25, -0.2) is 0 Å². The van der Waals surface area contributed by atoms with Gasteiger partial charge in [-0.05, 0) is 74.4 Å². The summed E-state index contributed by atoms with van der Waals surface area (Å²) in [6, 6.07) is 22.0. The Morgan fingerprint density at radius 2 is 1.83 bits per heavy atom. The fraction of sp³-hybridized carbons (Fsp3) is 0.410. The number of rotatable bonds is 8. The maximum Gasteiger partial charge on any atom is 0.308 e. The zero-order chi connectivity index (χ0) is 32.9. The number of likely N-dealkylation sites (N-methyl/N-ethyl adjacent to an activating group) is 1. The van der Waals surface area contributed by atoms with E-state index in [4.69, 9.17) is 14.2 Å². The molecule has 2 bridgehead atoms. The predicted molar refractivity (Wildman–Crippen MR) is 178 cm³/mol. The van der Waals surface area contributed by atoms with E-state index >= 15 is 0 Å². The summed E-state index contributed by atoms with van der Waals surface area (Å²) < 4.78 is 19.3. The molecule has 3 aromatic carbocycles. The predicted octanol–water partition coefficient (Wildman–Crippen LogP) is 5.43. The molecule has 7 rings (SSSR count). The fourth-order valence-corrected chi connectivity index (χ4v) is 9.07. The van der Waals surface area contributed by atoms with Crippen molar-refractivity contribution in [1.29, 1.82) is 0 Å². The first-order valence-electron chi connectivity index (χ1n) is 16.6. The molecule has 244 valence electrons. The van der Waals surface area contributed by atoms with Crippen molar-refractivity contribution in [2.75, 3.05) is 20.1 Å². The Morgan fingerprint density at radius 3 is 2.57 bits per heavy atom. The Kier molecular flexibility index (Phi) is 7.95. The molecule has 2 aliphatic heterocycles. The van der Waals surface area contributed by atoms with Crippen molar-refractivity contribution in [2.24, 2.45) is 0 Å². The van der Waals surface area contributed by atoms with Gasteiger partial charge in [0.05, 0.1) is 17.5 Å². The van der Waals surface area contributed by atoms with E-state index in [1.54, 1.807) is 11.0 Å². The molecule has 8 nitrogen and oxygen atoms in total. The van der Waals surface area contributed by atoms with Gasteiger partial charge in [0.1, 0.15) is 11.7 Å². The van der Waals surface area contributed by atoms with Crippen molar-refractivity contribution in [2.45, 2.75) is 82.1 Å². The number of esters is 2. The van der Waals surface area contributed by atoms with Gasteiger partial charge in [-0.1, -0.05) is 66.2 Å². The summed E-state index contributed by atoms with van der Waals surface area (Å²) in [5.41, 5.74) is 3.85. The minimum atomic E-state index is -0.872. The summed E-state index contributed by atoms with van der Waals surface area (Å²) in [7, 11) is 1.83. The summed E-state index contributed by atoms with van der Waals surface area (Å²) in [5.74, 6) is 0.0285. The van der Waals surface area contributed by atoms with Crippen LogP contribution in [0.1, 0.15) is 60.9 Å². The van der Waals surface area contributed by atoms with Crippen LogP contribution in [0.15, 0.2) is 72.8 Å². The van der Waals surface area contributed by atoms with Crippen molar-refractivity contribution >= 4 is 23.9 Å². The molecule has 2 aliphatic carbocycles. The Balaban J connectivity index is 1.30. The monoisotopic (exact) mass is 634 g/mol. The van der Waals surface area contributed by atoms with Crippen LogP contribution in [0.25, 0.3) is 6.08 Å². The normalized spacial score (nSPS) is 27.1. The highest BCUT2D eigenvalue weighted by molar-refractivity contribution is 5.92. The van der Waals surface area contributed by atoms with Crippen LogP contribution < -0.4 is 9.47 Å². The van der Waals surface area contributed by atoms with Gasteiger partial charge in [0.15, 0.2) is 11.5 Å². The summed E-state index contributed by atoms with van der Waals surface area (Å²) >= 11 is 0. The topological polar surface area (TPSA) is 85.4 Å². The SMILES string of the molecule is CC(=O)Oc1ccc2c3c1OC1C(N(C)C(=O)/C=C/c4cccc(C)c4)CC[C@@]4(OC(C)=O)[C@@H](C2)N(CCc2ccccc2)CC[C@]314. The van der Waals surface area contributed by atoms with Gasteiger partial charge in [-0.2, -0.15) is 0 Å². The molecule has 0 N–H and O–H groups in total. The zero-order valence-corrected chi connectivity index (χ0v) is 27.5. The molecule has 8 heteroatoms. The van der Waals surface area contributed by atoms with Gasteiger partial charge in [0.2, 0.25) is 5.91 Å². The second-order valence-corrected chi connectivity index (χ2v) is 13.6. The molecule has 47 heavy (non-hydrogen) atoms. The molecule has 0 aromatic heterocycles. The zero-order valence-electron chi connectivity index (χ0n) is 27.5. The molecule has 3 aromatic rings. The molecular weight excluding hydrogens is 592 g/mol. The van der Waals surface area contributed by atoms with Crippen LogP contribution in [0, 0.1) is 6.92 Å². The van der Waals surface area contributed by atoms with Crippen LogP contribution >= 0.6 is 0 Å². The molecule has 1 spiro atoms. The lowest BCUT2D eigenvalue weighted by atomic mass is 9.48. The molecule has 2 fully saturated rings. The molecular formula is C39H42N2O6. The van der Waals surface area contributed by atoms with Gasteiger partial charge in [0.25, 0.3) is 0 Å². The lowest BCUT2D eigenvalue weighted by molar-refractivity contribution is -0.223. The van der Waals surface area contributed by atoms with E-state index in [2.05, 4.69) is 29.2 Å². The molecule has 0 radical (unpaired) electrons. The fourth-order valence-electron chi connectivity index (χ4n) is 9.07. The van der Waals surface area contributed by atoms with Crippen molar-refractivity contribution in [3.63, 3.8) is 0 Å². The molecule has 1 saturated carbocycles. The van der Waals surface area contributed by atoms with E-state index < -0.39 is 23.1 Å². The second kappa shape index (κ2) is 12.0. The van der Waals surface area contributed by atoms with Crippen LogP contribution in [0.3, 0.4) is 0 Å². The van der Waals surface area contributed by atoms with Gasteiger partial charge < -0.3 is 19.1 Å². The Labute approximate surface area is 276 Å². The summed E-state index contributed by atoms with van der Waals surface area (Å²) in [5, 5.41) is 0. The molecule has 1 amide bonds. The number of hydrogen-bond acceptors (Lipinski definition) is 7. The Hall–Kier alpha value is -4.43. The number of amides is 1. The molecule has 1 saturated heterocycles. The smallest absolute Gasteiger partial charge is 0.308 e. The lowest BCUT2D eigenvalue weighted by Gasteiger charge is -2.65. The highest BCUT2D eigenvalue weighted by Crippen LogP contribution is 2.67. The van der Waals surface area contributed by atoms with Crippen molar-refractivity contribution < 1.29 is 28.6 Å².